The lowest BCUT2D eigenvalue weighted by Gasteiger charge is -2.28. The van der Waals surface area contributed by atoms with Crippen molar-refractivity contribution in [2.24, 2.45) is 23.7 Å². The summed E-state index contributed by atoms with van der Waals surface area (Å²) in [5.41, 5.74) is 0. The Morgan fingerprint density at radius 1 is 1.21 bits per heavy atom. The zero-order valence-electron chi connectivity index (χ0n) is 10.7. The molecule has 1 aliphatic heterocycles. The van der Waals surface area contributed by atoms with E-state index in [-0.39, 0.29) is 29.7 Å². The average molecular weight is 281 g/mol. The van der Waals surface area contributed by atoms with Gasteiger partial charge in [-0.05, 0) is 36.9 Å². The molecule has 19 heavy (non-hydrogen) atoms. The van der Waals surface area contributed by atoms with Crippen molar-refractivity contribution in [3.8, 4) is 0 Å². The van der Waals surface area contributed by atoms with Crippen LogP contribution in [0.3, 0.4) is 0 Å². The molecule has 5 heteroatoms. The van der Waals surface area contributed by atoms with Gasteiger partial charge in [0, 0.05) is 11.8 Å². The topological polar surface area (TPSA) is 66.4 Å². The van der Waals surface area contributed by atoms with Gasteiger partial charge in [0.15, 0.2) is 0 Å². The first-order valence-corrected chi connectivity index (χ1v) is 8.11. The fourth-order valence-electron chi connectivity index (χ4n) is 3.67. The maximum Gasteiger partial charge on any atom is 0.307 e. The Morgan fingerprint density at radius 3 is 2.58 bits per heavy atom. The van der Waals surface area contributed by atoms with Crippen LogP contribution in [-0.4, -0.2) is 34.5 Å². The molecule has 3 rings (SSSR count). The monoisotopic (exact) mass is 281 g/mol. The summed E-state index contributed by atoms with van der Waals surface area (Å²) < 4.78 is 0. The molecule has 1 saturated heterocycles. The molecule has 4 nitrogen and oxygen atoms in total. The van der Waals surface area contributed by atoms with Crippen molar-refractivity contribution in [1.82, 2.24) is 5.32 Å². The lowest BCUT2D eigenvalue weighted by Crippen LogP contribution is -2.46. The summed E-state index contributed by atoms with van der Waals surface area (Å²) in [6.45, 7) is 0. The standard InChI is InChI=1S/C14H19NO3S/c16-13(15-10-2-1-5-19-7-10)11-8-3-4-9(6-8)12(11)14(17)18/h3-4,8-12H,1-2,5-7H2,(H,15,16)(H,17,18)/t8?,9?,10?,11-,12+/m0/s1. The third-order valence-electron chi connectivity index (χ3n) is 4.55. The minimum Gasteiger partial charge on any atom is -0.481 e. The second-order valence-electron chi connectivity index (χ2n) is 5.76. The number of carboxylic acids is 1. The summed E-state index contributed by atoms with van der Waals surface area (Å²) in [6, 6.07) is 0.226. The van der Waals surface area contributed by atoms with Gasteiger partial charge in [-0.25, -0.2) is 0 Å². The summed E-state index contributed by atoms with van der Waals surface area (Å²) >= 11 is 1.86. The molecule has 3 aliphatic rings. The third kappa shape index (κ3) is 2.40. The van der Waals surface area contributed by atoms with Gasteiger partial charge in [0.25, 0.3) is 0 Å². The second kappa shape index (κ2) is 5.19. The van der Waals surface area contributed by atoms with E-state index in [2.05, 4.69) is 5.32 Å². The highest BCUT2D eigenvalue weighted by Gasteiger charge is 2.51. The van der Waals surface area contributed by atoms with E-state index < -0.39 is 11.9 Å². The first-order chi connectivity index (χ1) is 9.16. The molecule has 5 atom stereocenters. The molecule has 3 unspecified atom stereocenters. The van der Waals surface area contributed by atoms with Gasteiger partial charge >= 0.3 is 5.97 Å². The van der Waals surface area contributed by atoms with Gasteiger partial charge in [0.1, 0.15) is 0 Å². The van der Waals surface area contributed by atoms with Crippen molar-refractivity contribution >= 4 is 23.6 Å². The van der Waals surface area contributed by atoms with Gasteiger partial charge in [-0.3, -0.25) is 9.59 Å². The van der Waals surface area contributed by atoms with Gasteiger partial charge in [0.2, 0.25) is 5.91 Å². The van der Waals surface area contributed by atoms with Crippen molar-refractivity contribution in [2.75, 3.05) is 11.5 Å². The predicted octanol–water partition coefficient (Wildman–Crippen LogP) is 1.52. The van der Waals surface area contributed by atoms with Gasteiger partial charge < -0.3 is 10.4 Å². The molecule has 2 aliphatic carbocycles. The molecule has 104 valence electrons. The van der Waals surface area contributed by atoms with E-state index in [0.717, 1.165) is 25.0 Å². The predicted molar refractivity (Wildman–Crippen MR) is 73.8 cm³/mol. The van der Waals surface area contributed by atoms with E-state index in [1.807, 2.05) is 23.9 Å². The largest absolute Gasteiger partial charge is 0.481 e. The number of carboxylic acid groups (broad SMARTS) is 1. The van der Waals surface area contributed by atoms with Crippen LogP contribution in [0.5, 0.6) is 0 Å². The van der Waals surface area contributed by atoms with Crippen molar-refractivity contribution in [3.63, 3.8) is 0 Å². The van der Waals surface area contributed by atoms with E-state index in [1.54, 1.807) is 0 Å². The highest BCUT2D eigenvalue weighted by Crippen LogP contribution is 2.48. The Hall–Kier alpha value is -0.970. The van der Waals surface area contributed by atoms with Gasteiger partial charge in [-0.15, -0.1) is 0 Å². The van der Waals surface area contributed by atoms with Crippen LogP contribution in [0.25, 0.3) is 0 Å². The highest BCUT2D eigenvalue weighted by molar-refractivity contribution is 7.99. The number of carbonyl (C=O) groups excluding carboxylic acids is 1. The van der Waals surface area contributed by atoms with Crippen molar-refractivity contribution in [2.45, 2.75) is 25.3 Å². The van der Waals surface area contributed by atoms with Crippen LogP contribution < -0.4 is 5.32 Å². The SMILES string of the molecule is O=C(O)[C@@H]1C2C=CC(C2)[C@@H]1C(=O)NC1CCCSC1. The number of hydrogen-bond donors (Lipinski definition) is 2. The lowest BCUT2D eigenvalue weighted by molar-refractivity contribution is -0.148. The van der Waals surface area contributed by atoms with Crippen LogP contribution >= 0.6 is 11.8 Å². The molecule has 0 spiro atoms. The molecule has 2 bridgehead atoms. The Morgan fingerprint density at radius 2 is 1.95 bits per heavy atom. The van der Waals surface area contributed by atoms with E-state index in [0.29, 0.717) is 0 Å². The third-order valence-corrected chi connectivity index (χ3v) is 5.77. The zero-order chi connectivity index (χ0) is 13.4. The number of carbonyl (C=O) groups is 2. The lowest BCUT2D eigenvalue weighted by atomic mass is 9.82. The summed E-state index contributed by atoms with van der Waals surface area (Å²) in [7, 11) is 0. The van der Waals surface area contributed by atoms with E-state index in [9.17, 15) is 14.7 Å². The van der Waals surface area contributed by atoms with Crippen LogP contribution in [-0.2, 0) is 9.59 Å². The summed E-state index contributed by atoms with van der Waals surface area (Å²) in [5.74, 6) is 0.556. The first-order valence-electron chi connectivity index (χ1n) is 6.96. The number of rotatable bonds is 3. The minimum absolute atomic E-state index is 0.0447. The molecular weight excluding hydrogens is 262 g/mol. The number of allylic oxidation sites excluding steroid dienone is 2. The van der Waals surface area contributed by atoms with Gasteiger partial charge in [-0.2, -0.15) is 11.8 Å². The van der Waals surface area contributed by atoms with Crippen molar-refractivity contribution in [3.05, 3.63) is 12.2 Å². The highest BCUT2D eigenvalue weighted by atomic mass is 32.2. The van der Waals surface area contributed by atoms with Crippen LogP contribution in [0.15, 0.2) is 12.2 Å². The smallest absolute Gasteiger partial charge is 0.307 e. The minimum atomic E-state index is -0.824. The quantitative estimate of drug-likeness (QED) is 0.770. The van der Waals surface area contributed by atoms with E-state index in [1.165, 1.54) is 5.75 Å². The summed E-state index contributed by atoms with van der Waals surface area (Å²) in [6.07, 6.45) is 6.99. The van der Waals surface area contributed by atoms with Crippen LogP contribution in [0, 0.1) is 23.7 Å². The van der Waals surface area contributed by atoms with Gasteiger partial charge in [0.05, 0.1) is 11.8 Å². The van der Waals surface area contributed by atoms with Gasteiger partial charge in [-0.1, -0.05) is 12.2 Å². The molecule has 1 amide bonds. The van der Waals surface area contributed by atoms with Crippen LogP contribution in [0.1, 0.15) is 19.3 Å². The van der Waals surface area contributed by atoms with Crippen molar-refractivity contribution < 1.29 is 14.7 Å². The Balaban J connectivity index is 1.68. The Kier molecular flexibility index (Phi) is 3.56. The molecule has 2 N–H and O–H groups in total. The fourth-order valence-corrected chi connectivity index (χ4v) is 4.74. The molecule has 1 saturated carbocycles. The molecule has 2 fully saturated rings. The normalized spacial score (nSPS) is 40.3. The number of thioether (sulfide) groups is 1. The number of nitrogens with one attached hydrogen (secondary N) is 1. The number of hydrogen-bond acceptors (Lipinski definition) is 3. The molecule has 0 aromatic carbocycles. The number of fused-ring (bicyclic) bond motifs is 2. The Bertz CT molecular complexity index is 417. The fraction of sp³-hybridized carbons (Fsp3) is 0.714. The summed E-state index contributed by atoms with van der Waals surface area (Å²) in [4.78, 5) is 23.8. The zero-order valence-corrected chi connectivity index (χ0v) is 11.6. The molecule has 0 aromatic rings. The molecule has 0 radical (unpaired) electrons. The maximum atomic E-state index is 12.4. The second-order valence-corrected chi connectivity index (χ2v) is 6.91. The number of aliphatic carboxylic acids is 1. The van der Waals surface area contributed by atoms with E-state index >= 15 is 0 Å². The van der Waals surface area contributed by atoms with Crippen LogP contribution in [0.4, 0.5) is 0 Å². The molecule has 1 heterocycles. The Labute approximate surface area is 117 Å². The first kappa shape index (κ1) is 13.0. The maximum absolute atomic E-state index is 12.4. The van der Waals surface area contributed by atoms with Crippen LogP contribution in [0.2, 0.25) is 0 Å². The molecular formula is C14H19NO3S. The number of amides is 1. The average Bonchev–Trinajstić information content (AvgIpc) is 2.99. The molecule has 0 aromatic heterocycles. The van der Waals surface area contributed by atoms with Crippen molar-refractivity contribution in [1.29, 1.82) is 0 Å². The summed E-state index contributed by atoms with van der Waals surface area (Å²) in [5, 5.41) is 12.4. The van der Waals surface area contributed by atoms with E-state index in [4.69, 9.17) is 0 Å².